The SMILES string of the molecule is CCC(CN)NC(=O)c1ccc(OC)cc1O. The summed E-state index contributed by atoms with van der Waals surface area (Å²) in [7, 11) is 1.50. The van der Waals surface area contributed by atoms with E-state index in [9.17, 15) is 9.90 Å². The maximum Gasteiger partial charge on any atom is 0.255 e. The van der Waals surface area contributed by atoms with Crippen LogP contribution in [0.4, 0.5) is 0 Å². The van der Waals surface area contributed by atoms with E-state index in [0.717, 1.165) is 6.42 Å². The largest absolute Gasteiger partial charge is 0.507 e. The van der Waals surface area contributed by atoms with E-state index < -0.39 is 0 Å². The number of hydrogen-bond acceptors (Lipinski definition) is 4. The van der Waals surface area contributed by atoms with Gasteiger partial charge >= 0.3 is 0 Å². The highest BCUT2D eigenvalue weighted by Crippen LogP contribution is 2.23. The number of methoxy groups -OCH3 is 1. The maximum atomic E-state index is 11.8. The van der Waals surface area contributed by atoms with Crippen LogP contribution in [0.15, 0.2) is 18.2 Å². The van der Waals surface area contributed by atoms with Gasteiger partial charge in [-0.05, 0) is 18.6 Å². The fourth-order valence-electron chi connectivity index (χ4n) is 1.42. The van der Waals surface area contributed by atoms with Crippen molar-refractivity contribution in [2.75, 3.05) is 13.7 Å². The zero-order valence-electron chi connectivity index (χ0n) is 10.1. The molecule has 1 unspecified atom stereocenters. The highest BCUT2D eigenvalue weighted by atomic mass is 16.5. The zero-order chi connectivity index (χ0) is 12.8. The van der Waals surface area contributed by atoms with Gasteiger partial charge in [0, 0.05) is 18.7 Å². The first-order valence-electron chi connectivity index (χ1n) is 5.50. The first kappa shape index (κ1) is 13.3. The van der Waals surface area contributed by atoms with E-state index in [1.165, 1.54) is 19.2 Å². The molecule has 0 aromatic heterocycles. The first-order chi connectivity index (χ1) is 8.12. The lowest BCUT2D eigenvalue weighted by molar-refractivity contribution is 0.0934. The predicted octanol–water partition coefficient (Wildman–Crippen LogP) is 0.868. The number of phenols is 1. The van der Waals surface area contributed by atoms with Crippen LogP contribution in [0.1, 0.15) is 23.7 Å². The van der Waals surface area contributed by atoms with Crippen molar-refractivity contribution >= 4 is 5.91 Å². The van der Waals surface area contributed by atoms with Gasteiger partial charge < -0.3 is 20.9 Å². The average Bonchev–Trinajstić information content (AvgIpc) is 2.35. The lowest BCUT2D eigenvalue weighted by Crippen LogP contribution is -2.39. The average molecular weight is 238 g/mol. The van der Waals surface area contributed by atoms with Crippen molar-refractivity contribution in [3.63, 3.8) is 0 Å². The van der Waals surface area contributed by atoms with E-state index in [1.807, 2.05) is 6.92 Å². The third kappa shape index (κ3) is 3.35. The summed E-state index contributed by atoms with van der Waals surface area (Å²) in [5.74, 6) is 0.0705. The van der Waals surface area contributed by atoms with E-state index in [-0.39, 0.29) is 23.3 Å². The Morgan fingerprint density at radius 3 is 2.76 bits per heavy atom. The molecule has 94 valence electrons. The Labute approximate surface area is 101 Å². The Balaban J connectivity index is 2.82. The van der Waals surface area contributed by atoms with Crippen LogP contribution in [0.3, 0.4) is 0 Å². The molecule has 0 fully saturated rings. The van der Waals surface area contributed by atoms with Crippen molar-refractivity contribution in [3.8, 4) is 11.5 Å². The number of hydrogen-bond donors (Lipinski definition) is 3. The number of benzene rings is 1. The molecule has 0 radical (unpaired) electrons. The van der Waals surface area contributed by atoms with E-state index in [4.69, 9.17) is 10.5 Å². The smallest absolute Gasteiger partial charge is 0.255 e. The van der Waals surface area contributed by atoms with Gasteiger partial charge in [0.1, 0.15) is 11.5 Å². The molecule has 0 saturated carbocycles. The van der Waals surface area contributed by atoms with Crippen LogP contribution < -0.4 is 15.8 Å². The van der Waals surface area contributed by atoms with Crippen LogP contribution in [0.5, 0.6) is 11.5 Å². The number of phenolic OH excluding ortho intramolecular Hbond substituents is 1. The Kier molecular flexibility index (Phi) is 4.78. The fourth-order valence-corrected chi connectivity index (χ4v) is 1.42. The topological polar surface area (TPSA) is 84.6 Å². The van der Waals surface area contributed by atoms with Gasteiger partial charge in [0.05, 0.1) is 12.7 Å². The standard InChI is InChI=1S/C12H18N2O3/c1-3-8(7-13)14-12(16)10-5-4-9(17-2)6-11(10)15/h4-6,8,15H,3,7,13H2,1-2H3,(H,14,16). The molecule has 0 aliphatic heterocycles. The van der Waals surface area contributed by atoms with Gasteiger partial charge in [0.2, 0.25) is 0 Å². The monoisotopic (exact) mass is 238 g/mol. The molecular formula is C12H18N2O3. The van der Waals surface area contributed by atoms with Crippen LogP contribution in [0, 0.1) is 0 Å². The second-order valence-electron chi connectivity index (χ2n) is 3.70. The molecule has 1 aromatic rings. The summed E-state index contributed by atoms with van der Waals surface area (Å²) in [6.45, 7) is 2.31. The second-order valence-corrected chi connectivity index (χ2v) is 3.70. The lowest BCUT2D eigenvalue weighted by atomic mass is 10.1. The molecule has 0 heterocycles. The van der Waals surface area contributed by atoms with E-state index in [2.05, 4.69) is 5.32 Å². The summed E-state index contributed by atoms with van der Waals surface area (Å²) >= 11 is 0. The minimum Gasteiger partial charge on any atom is -0.507 e. The molecular weight excluding hydrogens is 220 g/mol. The first-order valence-corrected chi connectivity index (χ1v) is 5.50. The molecule has 0 aliphatic carbocycles. The number of carbonyl (C=O) groups is 1. The lowest BCUT2D eigenvalue weighted by Gasteiger charge is -2.15. The van der Waals surface area contributed by atoms with Crippen LogP contribution in [0.2, 0.25) is 0 Å². The molecule has 0 aliphatic rings. The highest BCUT2D eigenvalue weighted by molar-refractivity contribution is 5.97. The number of nitrogens with one attached hydrogen (secondary N) is 1. The second kappa shape index (κ2) is 6.10. The van der Waals surface area contributed by atoms with Crippen molar-refractivity contribution in [2.45, 2.75) is 19.4 Å². The minimum absolute atomic E-state index is 0.0796. The molecule has 1 aromatic carbocycles. The Bertz CT molecular complexity index is 389. The molecule has 0 bridgehead atoms. The Morgan fingerprint density at radius 2 is 2.29 bits per heavy atom. The van der Waals surface area contributed by atoms with E-state index >= 15 is 0 Å². The van der Waals surface area contributed by atoms with Crippen molar-refractivity contribution in [2.24, 2.45) is 5.73 Å². The number of rotatable bonds is 5. The maximum absolute atomic E-state index is 11.8. The van der Waals surface area contributed by atoms with Crippen LogP contribution in [-0.4, -0.2) is 30.7 Å². The summed E-state index contributed by atoms with van der Waals surface area (Å²) < 4.78 is 4.94. The number of aromatic hydroxyl groups is 1. The quantitative estimate of drug-likeness (QED) is 0.710. The van der Waals surface area contributed by atoms with Crippen LogP contribution in [0.25, 0.3) is 0 Å². The molecule has 0 saturated heterocycles. The van der Waals surface area contributed by atoms with Gasteiger partial charge in [-0.3, -0.25) is 4.79 Å². The van der Waals surface area contributed by atoms with Crippen LogP contribution >= 0.6 is 0 Å². The molecule has 4 N–H and O–H groups in total. The molecule has 17 heavy (non-hydrogen) atoms. The fraction of sp³-hybridized carbons (Fsp3) is 0.417. The number of amides is 1. The normalized spacial score (nSPS) is 11.9. The predicted molar refractivity (Wildman–Crippen MR) is 65.3 cm³/mol. The molecule has 1 atom stereocenters. The van der Waals surface area contributed by atoms with Crippen molar-refractivity contribution in [1.29, 1.82) is 0 Å². The van der Waals surface area contributed by atoms with Gasteiger partial charge in [-0.1, -0.05) is 6.92 Å². The summed E-state index contributed by atoms with van der Waals surface area (Å²) in [6.07, 6.45) is 0.749. The molecule has 1 amide bonds. The molecule has 0 spiro atoms. The highest BCUT2D eigenvalue weighted by Gasteiger charge is 2.14. The van der Waals surface area contributed by atoms with Crippen molar-refractivity contribution < 1.29 is 14.6 Å². The third-order valence-corrected chi connectivity index (χ3v) is 2.56. The summed E-state index contributed by atoms with van der Waals surface area (Å²) in [5.41, 5.74) is 5.72. The Morgan fingerprint density at radius 1 is 1.59 bits per heavy atom. The molecule has 5 heteroatoms. The van der Waals surface area contributed by atoms with Crippen molar-refractivity contribution in [3.05, 3.63) is 23.8 Å². The zero-order valence-corrected chi connectivity index (χ0v) is 10.1. The third-order valence-electron chi connectivity index (χ3n) is 2.56. The minimum atomic E-state index is -0.331. The summed E-state index contributed by atoms with van der Waals surface area (Å²) in [6, 6.07) is 4.47. The Hall–Kier alpha value is -1.75. The van der Waals surface area contributed by atoms with Gasteiger partial charge in [-0.2, -0.15) is 0 Å². The van der Waals surface area contributed by atoms with Gasteiger partial charge in [-0.15, -0.1) is 0 Å². The van der Waals surface area contributed by atoms with Gasteiger partial charge in [-0.25, -0.2) is 0 Å². The summed E-state index contributed by atoms with van der Waals surface area (Å²) in [5, 5.41) is 12.4. The number of nitrogens with two attached hydrogens (primary N) is 1. The summed E-state index contributed by atoms with van der Waals surface area (Å²) in [4.78, 5) is 11.8. The molecule has 5 nitrogen and oxygen atoms in total. The number of carbonyl (C=O) groups excluding carboxylic acids is 1. The van der Waals surface area contributed by atoms with E-state index in [0.29, 0.717) is 12.3 Å². The van der Waals surface area contributed by atoms with Crippen molar-refractivity contribution in [1.82, 2.24) is 5.32 Å². The van der Waals surface area contributed by atoms with Gasteiger partial charge in [0.25, 0.3) is 5.91 Å². The number of ether oxygens (including phenoxy) is 1. The van der Waals surface area contributed by atoms with Crippen LogP contribution in [-0.2, 0) is 0 Å². The van der Waals surface area contributed by atoms with Gasteiger partial charge in [0.15, 0.2) is 0 Å². The molecule has 1 rings (SSSR count). The van der Waals surface area contributed by atoms with E-state index in [1.54, 1.807) is 6.07 Å².